The Hall–Kier alpha value is -0.890. The molecule has 2 aromatic rings. The molecule has 120 valence electrons. The predicted molar refractivity (Wildman–Crippen MR) is 92.6 cm³/mol. The molecule has 5 nitrogen and oxygen atoms in total. The Kier molecular flexibility index (Phi) is 4.33. The molecule has 22 heavy (non-hydrogen) atoms. The van der Waals surface area contributed by atoms with Crippen molar-refractivity contribution in [2.45, 2.75) is 25.8 Å². The zero-order valence-electron chi connectivity index (χ0n) is 12.5. The average molecular weight is 360 g/mol. The van der Waals surface area contributed by atoms with Gasteiger partial charge in [0.15, 0.2) is 5.13 Å². The summed E-state index contributed by atoms with van der Waals surface area (Å²) in [5.41, 5.74) is 2.04. The van der Waals surface area contributed by atoms with E-state index in [-0.39, 0.29) is 6.04 Å². The smallest absolute Gasteiger partial charge is 0.209 e. The Morgan fingerprint density at radius 2 is 2.23 bits per heavy atom. The van der Waals surface area contributed by atoms with Crippen LogP contribution in [-0.4, -0.2) is 38.8 Å². The highest BCUT2D eigenvalue weighted by Crippen LogP contribution is 2.36. The molecule has 0 amide bonds. The molecule has 1 aliphatic rings. The topological polar surface area (TPSA) is 62.3 Å². The van der Waals surface area contributed by atoms with Gasteiger partial charge in [-0.1, -0.05) is 29.0 Å². The minimum Gasteiger partial charge on any atom is -0.346 e. The lowest BCUT2D eigenvalue weighted by Gasteiger charge is -2.32. The van der Waals surface area contributed by atoms with Crippen molar-refractivity contribution in [1.29, 1.82) is 0 Å². The van der Waals surface area contributed by atoms with Gasteiger partial charge < -0.3 is 4.90 Å². The standard InChI is InChI=1S/C14H18ClN3O2S2/c1-9-5-6-11(15)13-12(9)16-14(21-13)18-7-3-4-10(8-18)17-22(2,19)20/h5-6,10,17H,3-4,7-8H2,1-2H3. The van der Waals surface area contributed by atoms with Crippen LogP contribution in [0.5, 0.6) is 0 Å². The Morgan fingerprint density at radius 3 is 2.91 bits per heavy atom. The highest BCUT2D eigenvalue weighted by molar-refractivity contribution is 7.88. The van der Waals surface area contributed by atoms with Gasteiger partial charge in [0.1, 0.15) is 0 Å². The van der Waals surface area contributed by atoms with Crippen molar-refractivity contribution in [3.05, 3.63) is 22.7 Å². The number of rotatable bonds is 3. The molecule has 0 saturated carbocycles. The first kappa shape index (κ1) is 16.0. The third kappa shape index (κ3) is 3.37. The summed E-state index contributed by atoms with van der Waals surface area (Å²) in [5, 5.41) is 1.62. The van der Waals surface area contributed by atoms with Crippen molar-refractivity contribution < 1.29 is 8.42 Å². The Labute approximate surface area is 139 Å². The Morgan fingerprint density at radius 1 is 1.45 bits per heavy atom. The fourth-order valence-electron chi connectivity index (χ4n) is 2.78. The third-order valence-electron chi connectivity index (χ3n) is 3.76. The molecule has 1 unspecified atom stereocenters. The number of halogens is 1. The first-order valence-electron chi connectivity index (χ1n) is 7.11. The van der Waals surface area contributed by atoms with E-state index >= 15 is 0 Å². The quantitative estimate of drug-likeness (QED) is 0.915. The average Bonchev–Trinajstić information content (AvgIpc) is 2.88. The minimum absolute atomic E-state index is 0.0627. The van der Waals surface area contributed by atoms with E-state index in [1.807, 2.05) is 19.1 Å². The summed E-state index contributed by atoms with van der Waals surface area (Å²) in [5.74, 6) is 0. The molecular formula is C14H18ClN3O2S2. The van der Waals surface area contributed by atoms with E-state index in [4.69, 9.17) is 16.6 Å². The van der Waals surface area contributed by atoms with Gasteiger partial charge in [0.05, 0.1) is 21.5 Å². The molecule has 3 rings (SSSR count). The number of anilines is 1. The van der Waals surface area contributed by atoms with Crippen LogP contribution in [0.1, 0.15) is 18.4 Å². The second-order valence-electron chi connectivity index (χ2n) is 5.71. The summed E-state index contributed by atoms with van der Waals surface area (Å²) in [4.78, 5) is 6.86. The largest absolute Gasteiger partial charge is 0.346 e. The lowest BCUT2D eigenvalue weighted by atomic mass is 10.1. The maximum atomic E-state index is 11.4. The van der Waals surface area contributed by atoms with E-state index in [9.17, 15) is 8.42 Å². The minimum atomic E-state index is -3.18. The van der Waals surface area contributed by atoms with Gasteiger partial charge in [-0.15, -0.1) is 0 Å². The zero-order valence-corrected chi connectivity index (χ0v) is 14.9. The molecule has 1 aliphatic heterocycles. The SMILES string of the molecule is Cc1ccc(Cl)c2sc(N3CCCC(NS(C)(=O)=O)C3)nc12. The molecule has 0 bridgehead atoms. The van der Waals surface area contributed by atoms with E-state index in [0.717, 1.165) is 40.3 Å². The molecule has 1 aromatic carbocycles. The van der Waals surface area contributed by atoms with E-state index in [2.05, 4.69) is 9.62 Å². The highest BCUT2D eigenvalue weighted by Gasteiger charge is 2.24. The van der Waals surface area contributed by atoms with Gasteiger partial charge in [-0.05, 0) is 31.4 Å². The highest BCUT2D eigenvalue weighted by atomic mass is 35.5. The van der Waals surface area contributed by atoms with Gasteiger partial charge in [-0.3, -0.25) is 0 Å². The predicted octanol–water partition coefficient (Wildman–Crippen LogP) is 2.78. The van der Waals surface area contributed by atoms with Gasteiger partial charge in [-0.2, -0.15) is 0 Å². The second-order valence-corrected chi connectivity index (χ2v) is 8.88. The van der Waals surface area contributed by atoms with Crippen LogP contribution in [0.3, 0.4) is 0 Å². The van der Waals surface area contributed by atoms with Crippen molar-refractivity contribution >= 4 is 48.3 Å². The molecular weight excluding hydrogens is 342 g/mol. The summed E-state index contributed by atoms with van der Waals surface area (Å²) in [7, 11) is -3.18. The maximum absolute atomic E-state index is 11.4. The van der Waals surface area contributed by atoms with Crippen LogP contribution in [0.15, 0.2) is 12.1 Å². The van der Waals surface area contributed by atoms with Crippen LogP contribution in [0, 0.1) is 6.92 Å². The molecule has 1 atom stereocenters. The Bertz CT molecular complexity index is 765. The number of hydrogen-bond donors (Lipinski definition) is 1. The van der Waals surface area contributed by atoms with E-state index in [1.54, 1.807) is 11.3 Å². The van der Waals surface area contributed by atoms with Crippen LogP contribution in [0.2, 0.25) is 5.02 Å². The first-order chi connectivity index (χ1) is 10.3. The first-order valence-corrected chi connectivity index (χ1v) is 10.2. The number of nitrogens with one attached hydrogen (secondary N) is 1. The molecule has 0 aliphatic carbocycles. The van der Waals surface area contributed by atoms with Crippen LogP contribution in [0.4, 0.5) is 5.13 Å². The molecule has 0 radical (unpaired) electrons. The van der Waals surface area contributed by atoms with Gasteiger partial charge >= 0.3 is 0 Å². The summed E-state index contributed by atoms with van der Waals surface area (Å²) in [6.45, 7) is 3.55. The number of piperidine rings is 1. The second kappa shape index (κ2) is 5.96. The molecule has 1 N–H and O–H groups in total. The van der Waals surface area contributed by atoms with Crippen LogP contribution >= 0.6 is 22.9 Å². The summed E-state index contributed by atoms with van der Waals surface area (Å²) >= 11 is 7.83. The summed E-state index contributed by atoms with van der Waals surface area (Å²) in [6, 6.07) is 3.80. The number of aryl methyl sites for hydroxylation is 1. The van der Waals surface area contributed by atoms with Crippen molar-refractivity contribution in [3.63, 3.8) is 0 Å². The van der Waals surface area contributed by atoms with Gasteiger partial charge in [-0.25, -0.2) is 18.1 Å². The molecule has 1 saturated heterocycles. The van der Waals surface area contributed by atoms with E-state index < -0.39 is 10.0 Å². The van der Waals surface area contributed by atoms with Crippen LogP contribution < -0.4 is 9.62 Å². The molecule has 1 fully saturated rings. The van der Waals surface area contributed by atoms with Gasteiger partial charge in [0.2, 0.25) is 10.0 Å². The monoisotopic (exact) mass is 359 g/mol. The molecule has 1 aromatic heterocycles. The van der Waals surface area contributed by atoms with Crippen LogP contribution in [-0.2, 0) is 10.0 Å². The van der Waals surface area contributed by atoms with Crippen LogP contribution in [0.25, 0.3) is 10.2 Å². The number of benzene rings is 1. The van der Waals surface area contributed by atoms with Crippen molar-refractivity contribution in [1.82, 2.24) is 9.71 Å². The molecule has 0 spiro atoms. The lowest BCUT2D eigenvalue weighted by Crippen LogP contribution is -2.47. The lowest BCUT2D eigenvalue weighted by molar-refractivity contribution is 0.467. The van der Waals surface area contributed by atoms with Crippen molar-refractivity contribution in [2.24, 2.45) is 0 Å². The van der Waals surface area contributed by atoms with E-state index in [0.29, 0.717) is 11.6 Å². The molecule has 8 heteroatoms. The van der Waals surface area contributed by atoms with Gasteiger partial charge in [0, 0.05) is 19.1 Å². The number of aromatic nitrogens is 1. The number of thiazole rings is 1. The maximum Gasteiger partial charge on any atom is 0.209 e. The fraction of sp³-hybridized carbons (Fsp3) is 0.500. The third-order valence-corrected chi connectivity index (χ3v) is 6.10. The number of fused-ring (bicyclic) bond motifs is 1. The number of sulfonamides is 1. The molecule has 2 heterocycles. The van der Waals surface area contributed by atoms with Gasteiger partial charge in [0.25, 0.3) is 0 Å². The summed E-state index contributed by atoms with van der Waals surface area (Å²) in [6.07, 6.45) is 3.00. The van der Waals surface area contributed by atoms with Crippen molar-refractivity contribution in [3.8, 4) is 0 Å². The Balaban J connectivity index is 1.87. The normalized spacial score (nSPS) is 19.8. The summed E-state index contributed by atoms with van der Waals surface area (Å²) < 4.78 is 26.5. The van der Waals surface area contributed by atoms with E-state index in [1.165, 1.54) is 6.26 Å². The van der Waals surface area contributed by atoms with Crippen molar-refractivity contribution in [2.75, 3.05) is 24.2 Å². The number of nitrogens with zero attached hydrogens (tertiary/aromatic N) is 2. The zero-order chi connectivity index (χ0) is 15.9. The number of hydrogen-bond acceptors (Lipinski definition) is 5. The fourth-order valence-corrected chi connectivity index (χ4v) is 4.93.